The number of carbonyl (C=O) groups is 1. The number of rotatable bonds is 8. The van der Waals surface area contributed by atoms with E-state index in [2.05, 4.69) is 33.8 Å². The monoisotopic (exact) mass is 238 g/mol. The number of ketones is 1. The minimum atomic E-state index is 0.198. The largest absolute Gasteiger partial charge is 0.295 e. The summed E-state index contributed by atoms with van der Waals surface area (Å²) in [6.07, 6.45) is 7.25. The Morgan fingerprint density at radius 3 is 2.12 bits per heavy atom. The summed E-state index contributed by atoms with van der Waals surface area (Å²) in [7, 11) is 0. The van der Waals surface area contributed by atoms with Crippen molar-refractivity contribution in [1.82, 2.24) is 0 Å². The summed E-state index contributed by atoms with van der Waals surface area (Å²) in [6.45, 7) is 12.7. The zero-order valence-electron chi connectivity index (χ0n) is 12.5. The van der Waals surface area contributed by atoms with Crippen LogP contribution in [0.5, 0.6) is 0 Å². The van der Waals surface area contributed by atoms with Gasteiger partial charge >= 0.3 is 0 Å². The van der Waals surface area contributed by atoms with Gasteiger partial charge in [-0.1, -0.05) is 46.6 Å². The molecule has 0 radical (unpaired) electrons. The molecule has 17 heavy (non-hydrogen) atoms. The van der Waals surface area contributed by atoms with E-state index in [0.717, 1.165) is 17.4 Å². The summed E-state index contributed by atoms with van der Waals surface area (Å²) in [5.74, 6) is 2.30. The second kappa shape index (κ2) is 8.49. The molecule has 1 nitrogen and oxygen atoms in total. The number of Topliss-reactive ketones (excluding diaryl/α,β-unsaturated/α-hetero) is 1. The third kappa shape index (κ3) is 8.18. The van der Waals surface area contributed by atoms with Gasteiger partial charge in [0.15, 0.2) is 5.78 Å². The molecule has 3 atom stereocenters. The van der Waals surface area contributed by atoms with Gasteiger partial charge in [0.25, 0.3) is 0 Å². The van der Waals surface area contributed by atoms with Crippen LogP contribution in [0.1, 0.15) is 67.2 Å². The fraction of sp³-hybridized carbons (Fsp3) is 0.812. The summed E-state index contributed by atoms with van der Waals surface area (Å²) in [5, 5.41) is 0. The quantitative estimate of drug-likeness (QED) is 0.543. The Morgan fingerprint density at radius 2 is 1.65 bits per heavy atom. The second-order valence-electron chi connectivity index (χ2n) is 5.85. The van der Waals surface area contributed by atoms with E-state index in [0.29, 0.717) is 5.92 Å². The number of allylic oxidation sites excluding steroid dienone is 2. The highest BCUT2D eigenvalue weighted by atomic mass is 16.1. The molecular formula is C16H30O. The van der Waals surface area contributed by atoms with Crippen molar-refractivity contribution in [3.05, 3.63) is 11.6 Å². The zero-order valence-corrected chi connectivity index (χ0v) is 12.5. The molecule has 1 heteroatoms. The van der Waals surface area contributed by atoms with Crippen LogP contribution in [0.2, 0.25) is 0 Å². The van der Waals surface area contributed by atoms with Crippen LogP contribution in [0.25, 0.3) is 0 Å². The van der Waals surface area contributed by atoms with Gasteiger partial charge in [-0.3, -0.25) is 4.79 Å². The molecule has 0 saturated heterocycles. The van der Waals surface area contributed by atoms with E-state index >= 15 is 0 Å². The van der Waals surface area contributed by atoms with E-state index in [-0.39, 0.29) is 5.78 Å². The zero-order chi connectivity index (χ0) is 13.4. The van der Waals surface area contributed by atoms with E-state index in [1.165, 1.54) is 25.7 Å². The van der Waals surface area contributed by atoms with Gasteiger partial charge in [0.05, 0.1) is 0 Å². The van der Waals surface area contributed by atoms with Gasteiger partial charge in [-0.15, -0.1) is 0 Å². The van der Waals surface area contributed by atoms with Gasteiger partial charge in [-0.2, -0.15) is 0 Å². The number of carbonyl (C=O) groups excluding carboxylic acids is 1. The molecule has 0 fully saturated rings. The lowest BCUT2D eigenvalue weighted by Crippen LogP contribution is -2.07. The number of hydrogen-bond donors (Lipinski definition) is 0. The molecule has 0 aliphatic carbocycles. The third-order valence-electron chi connectivity index (χ3n) is 3.45. The lowest BCUT2D eigenvalue weighted by molar-refractivity contribution is -0.113. The van der Waals surface area contributed by atoms with Crippen molar-refractivity contribution >= 4 is 5.78 Å². The Hall–Kier alpha value is -0.590. The van der Waals surface area contributed by atoms with Crippen LogP contribution in [0.15, 0.2) is 11.6 Å². The van der Waals surface area contributed by atoms with Crippen LogP contribution in [-0.4, -0.2) is 5.78 Å². The first-order valence-corrected chi connectivity index (χ1v) is 7.06. The van der Waals surface area contributed by atoms with Gasteiger partial charge in [0.1, 0.15) is 0 Å². The van der Waals surface area contributed by atoms with Crippen LogP contribution in [0.4, 0.5) is 0 Å². The topological polar surface area (TPSA) is 17.1 Å². The van der Waals surface area contributed by atoms with Crippen LogP contribution >= 0.6 is 0 Å². The first-order chi connectivity index (χ1) is 7.86. The van der Waals surface area contributed by atoms with Crippen LogP contribution < -0.4 is 0 Å². The average Bonchev–Trinajstić information content (AvgIpc) is 2.16. The first-order valence-electron chi connectivity index (χ1n) is 7.06. The standard InChI is InChI=1S/C16H30O/c1-7-8-12(2)9-13(3)10-14(4)11-15(5)16(6)17/h11-14H,7-10H2,1-6H3. The summed E-state index contributed by atoms with van der Waals surface area (Å²) in [4.78, 5) is 11.2. The molecule has 0 aliphatic rings. The first kappa shape index (κ1) is 16.4. The second-order valence-corrected chi connectivity index (χ2v) is 5.85. The van der Waals surface area contributed by atoms with Crippen LogP contribution in [0.3, 0.4) is 0 Å². The molecule has 0 aliphatic heterocycles. The highest BCUT2D eigenvalue weighted by Crippen LogP contribution is 2.23. The highest BCUT2D eigenvalue weighted by Gasteiger charge is 2.11. The summed E-state index contributed by atoms with van der Waals surface area (Å²) in [6, 6.07) is 0. The Bertz CT molecular complexity index is 252. The Balaban J connectivity index is 4.07. The molecule has 0 saturated carbocycles. The summed E-state index contributed by atoms with van der Waals surface area (Å²) >= 11 is 0. The maximum atomic E-state index is 11.2. The number of hydrogen-bond acceptors (Lipinski definition) is 1. The van der Waals surface area contributed by atoms with Crippen molar-refractivity contribution in [2.75, 3.05) is 0 Å². The van der Waals surface area contributed by atoms with Gasteiger partial charge < -0.3 is 0 Å². The molecule has 0 heterocycles. The van der Waals surface area contributed by atoms with E-state index < -0.39 is 0 Å². The van der Waals surface area contributed by atoms with E-state index in [9.17, 15) is 4.79 Å². The van der Waals surface area contributed by atoms with Crippen LogP contribution in [0, 0.1) is 17.8 Å². The van der Waals surface area contributed by atoms with Gasteiger partial charge in [-0.05, 0) is 50.0 Å². The third-order valence-corrected chi connectivity index (χ3v) is 3.45. The van der Waals surface area contributed by atoms with E-state index in [1.54, 1.807) is 6.92 Å². The maximum absolute atomic E-state index is 11.2. The Kier molecular flexibility index (Phi) is 8.20. The predicted molar refractivity (Wildman–Crippen MR) is 76.1 cm³/mol. The lowest BCUT2D eigenvalue weighted by atomic mass is 9.87. The molecule has 0 bridgehead atoms. The molecule has 100 valence electrons. The Morgan fingerprint density at radius 1 is 1.06 bits per heavy atom. The van der Waals surface area contributed by atoms with Crippen LogP contribution in [-0.2, 0) is 4.79 Å². The van der Waals surface area contributed by atoms with Gasteiger partial charge in [0.2, 0.25) is 0 Å². The predicted octanol–water partition coefficient (Wildman–Crippen LogP) is 5.01. The van der Waals surface area contributed by atoms with Gasteiger partial charge in [0, 0.05) is 0 Å². The summed E-state index contributed by atoms with van der Waals surface area (Å²) in [5.41, 5.74) is 0.909. The average molecular weight is 238 g/mol. The highest BCUT2D eigenvalue weighted by molar-refractivity contribution is 5.92. The fourth-order valence-corrected chi connectivity index (χ4v) is 2.64. The van der Waals surface area contributed by atoms with Crippen molar-refractivity contribution in [1.29, 1.82) is 0 Å². The minimum Gasteiger partial charge on any atom is -0.295 e. The van der Waals surface area contributed by atoms with Crippen molar-refractivity contribution in [3.63, 3.8) is 0 Å². The van der Waals surface area contributed by atoms with Gasteiger partial charge in [-0.25, -0.2) is 0 Å². The molecule has 0 spiro atoms. The van der Waals surface area contributed by atoms with Crippen molar-refractivity contribution in [3.8, 4) is 0 Å². The van der Waals surface area contributed by atoms with Crippen molar-refractivity contribution in [2.24, 2.45) is 17.8 Å². The molecule has 0 aromatic carbocycles. The van der Waals surface area contributed by atoms with E-state index in [4.69, 9.17) is 0 Å². The summed E-state index contributed by atoms with van der Waals surface area (Å²) < 4.78 is 0. The van der Waals surface area contributed by atoms with Crippen molar-refractivity contribution < 1.29 is 4.79 Å². The molecule has 0 N–H and O–H groups in total. The fourth-order valence-electron chi connectivity index (χ4n) is 2.64. The SMILES string of the molecule is CCCC(C)CC(C)CC(C)C=C(C)C(C)=O. The molecule has 3 unspecified atom stereocenters. The molecule has 0 rings (SSSR count). The normalized spacial score (nSPS) is 17.6. The lowest BCUT2D eigenvalue weighted by Gasteiger charge is -2.19. The van der Waals surface area contributed by atoms with E-state index in [1.807, 2.05) is 6.92 Å². The molecule has 0 amide bonds. The van der Waals surface area contributed by atoms with Crippen molar-refractivity contribution in [2.45, 2.75) is 67.2 Å². The Labute approximate surface area is 108 Å². The molecule has 0 aromatic rings. The minimum absolute atomic E-state index is 0.198. The smallest absolute Gasteiger partial charge is 0.155 e. The molecular weight excluding hydrogens is 208 g/mol. The maximum Gasteiger partial charge on any atom is 0.155 e. The molecule has 0 aromatic heterocycles.